The van der Waals surface area contributed by atoms with Crippen molar-refractivity contribution in [3.8, 4) is 0 Å². The van der Waals surface area contributed by atoms with Crippen molar-refractivity contribution >= 4 is 59.1 Å². The molecule has 0 atom stereocenters. The monoisotopic (exact) mass is 381 g/mol. The van der Waals surface area contributed by atoms with Crippen LogP contribution in [-0.2, 0) is 46.3 Å². The third kappa shape index (κ3) is 320. The third-order valence-corrected chi connectivity index (χ3v) is 0. The van der Waals surface area contributed by atoms with Gasteiger partial charge < -0.3 is 49.7 Å². The minimum atomic E-state index is 0. The van der Waals surface area contributed by atoms with Crippen molar-refractivity contribution in [3.63, 3.8) is 0 Å². The first kappa shape index (κ1) is 22.5. The SMILES string of the molecule is NN.S=C[S-].S=C[S-].[Pt+2]. The van der Waals surface area contributed by atoms with E-state index in [0.29, 0.717) is 0 Å². The Hall–Kier alpha value is 1.23. The summed E-state index contributed by atoms with van der Waals surface area (Å²) in [6.45, 7) is 0. The number of hydrogen-bond acceptors (Lipinski definition) is 6. The molecule has 0 heterocycles. The van der Waals surface area contributed by atoms with E-state index in [1.165, 1.54) is 9.40 Å². The van der Waals surface area contributed by atoms with Crippen LogP contribution in [0.25, 0.3) is 0 Å². The zero-order valence-electron chi connectivity index (χ0n) is 4.26. The van der Waals surface area contributed by atoms with Crippen molar-refractivity contribution in [1.82, 2.24) is 0 Å². The van der Waals surface area contributed by atoms with Gasteiger partial charge in [-0.2, -0.15) is 9.40 Å². The molecule has 0 aromatic carbocycles. The Morgan fingerprint density at radius 3 is 1.00 bits per heavy atom. The van der Waals surface area contributed by atoms with E-state index < -0.39 is 0 Å². The molecule has 0 aliphatic heterocycles. The number of hydrazine groups is 1. The molecule has 2 nitrogen and oxygen atoms in total. The van der Waals surface area contributed by atoms with Gasteiger partial charge in [-0.15, -0.1) is 0 Å². The van der Waals surface area contributed by atoms with Gasteiger partial charge in [-0.05, 0) is 0 Å². The van der Waals surface area contributed by atoms with Crippen molar-refractivity contribution in [3.05, 3.63) is 0 Å². The van der Waals surface area contributed by atoms with E-state index >= 15 is 0 Å². The zero-order chi connectivity index (χ0) is 7.41. The Balaban J connectivity index is -0.0000000202. The van der Waals surface area contributed by atoms with E-state index in [1.807, 2.05) is 0 Å². The fraction of sp³-hybridized carbons (Fsp3) is 0. The van der Waals surface area contributed by atoms with Crippen molar-refractivity contribution < 1.29 is 21.1 Å². The van der Waals surface area contributed by atoms with Crippen LogP contribution in [0.2, 0.25) is 0 Å². The van der Waals surface area contributed by atoms with Gasteiger partial charge in [0.1, 0.15) is 0 Å². The molecule has 0 aliphatic rings. The molecule has 0 bridgehead atoms. The molecule has 9 heavy (non-hydrogen) atoms. The molecule has 0 radical (unpaired) electrons. The predicted molar refractivity (Wildman–Crippen MR) is 50.4 cm³/mol. The van der Waals surface area contributed by atoms with Crippen LogP contribution in [0.5, 0.6) is 0 Å². The number of thiocarbonyl (C=S) groups is 2. The van der Waals surface area contributed by atoms with Crippen molar-refractivity contribution in [2.75, 3.05) is 0 Å². The molecule has 7 heteroatoms. The van der Waals surface area contributed by atoms with Crippen molar-refractivity contribution in [2.45, 2.75) is 0 Å². The Labute approximate surface area is 91.2 Å². The standard InChI is InChI=1S/2CH2S2.H4N2.Pt/c2*2-1-3;1-2;/h2*1H,(H,2,3);1-2H2;/q;;;+2/p-2. The van der Waals surface area contributed by atoms with Gasteiger partial charge in [0, 0.05) is 0 Å². The van der Waals surface area contributed by atoms with Gasteiger partial charge in [-0.1, -0.05) is 0 Å². The van der Waals surface area contributed by atoms with Crippen molar-refractivity contribution in [1.29, 1.82) is 0 Å². The maximum atomic E-state index is 4.08. The molecular formula is C2H6N2PtS4. The maximum absolute atomic E-state index is 4.08. The first-order valence-corrected chi connectivity index (χ1v) is 3.16. The van der Waals surface area contributed by atoms with Crippen LogP contribution in [0.3, 0.4) is 0 Å². The third-order valence-electron chi connectivity index (χ3n) is 0. The first-order valence-electron chi connectivity index (χ1n) is 1.28. The Bertz CT molecular complexity index is 37.5. The van der Waals surface area contributed by atoms with Crippen LogP contribution in [-0.4, -0.2) is 9.40 Å². The fourth-order valence-corrected chi connectivity index (χ4v) is 0. The van der Waals surface area contributed by atoms with E-state index in [2.05, 4.69) is 61.4 Å². The Kier molecular flexibility index (Phi) is 150. The second kappa shape index (κ2) is 60.0. The molecule has 0 saturated heterocycles. The molecule has 0 saturated carbocycles. The second-order valence-corrected chi connectivity index (χ2v) is 1.73. The smallest absolute Gasteiger partial charge is 0.436 e. The van der Waals surface area contributed by atoms with E-state index in [0.717, 1.165) is 0 Å². The van der Waals surface area contributed by atoms with E-state index in [9.17, 15) is 0 Å². The summed E-state index contributed by atoms with van der Waals surface area (Å²) >= 11 is 16.3. The molecular weight excluding hydrogens is 375 g/mol. The number of rotatable bonds is 0. The van der Waals surface area contributed by atoms with E-state index in [1.54, 1.807) is 0 Å². The summed E-state index contributed by atoms with van der Waals surface area (Å²) in [5, 5.41) is 0. The number of hydrogen-bond donors (Lipinski definition) is 2. The zero-order valence-corrected chi connectivity index (χ0v) is 9.80. The van der Waals surface area contributed by atoms with E-state index in [-0.39, 0.29) is 21.1 Å². The summed E-state index contributed by atoms with van der Waals surface area (Å²) in [5.74, 6) is 8.00. The number of nitrogens with two attached hydrogens (primary N) is 2. The molecule has 58 valence electrons. The Morgan fingerprint density at radius 2 is 1.00 bits per heavy atom. The van der Waals surface area contributed by atoms with Gasteiger partial charge in [0.25, 0.3) is 0 Å². The quantitative estimate of drug-likeness (QED) is 0.262. The summed E-state index contributed by atoms with van der Waals surface area (Å²) in [4.78, 5) is 0. The first-order chi connectivity index (χ1) is 3.83. The molecule has 0 spiro atoms. The minimum Gasteiger partial charge on any atom is -0.436 e. The van der Waals surface area contributed by atoms with Crippen LogP contribution in [0, 0.1) is 0 Å². The van der Waals surface area contributed by atoms with Gasteiger partial charge in [-0.25, -0.2) is 0 Å². The molecule has 0 aromatic rings. The van der Waals surface area contributed by atoms with Gasteiger partial charge >= 0.3 is 21.1 Å². The molecule has 0 fully saturated rings. The molecule has 0 rings (SSSR count). The minimum absolute atomic E-state index is 0. The van der Waals surface area contributed by atoms with Crippen LogP contribution in [0.15, 0.2) is 0 Å². The average Bonchev–Trinajstić information content (AvgIpc) is 1.75. The van der Waals surface area contributed by atoms with Gasteiger partial charge in [0.15, 0.2) is 0 Å². The molecule has 0 unspecified atom stereocenters. The summed E-state index contributed by atoms with van der Waals surface area (Å²) in [6, 6.07) is 0. The summed E-state index contributed by atoms with van der Waals surface area (Å²) < 4.78 is 2.33. The fourth-order valence-electron chi connectivity index (χ4n) is 0. The maximum Gasteiger partial charge on any atom is 2.00 e. The van der Waals surface area contributed by atoms with Crippen LogP contribution < -0.4 is 11.7 Å². The van der Waals surface area contributed by atoms with Crippen LogP contribution >= 0.6 is 24.4 Å². The predicted octanol–water partition coefficient (Wildman–Crippen LogP) is -0.203. The Morgan fingerprint density at radius 1 is 1.00 bits per heavy atom. The average molecular weight is 381 g/mol. The van der Waals surface area contributed by atoms with Gasteiger partial charge in [0.2, 0.25) is 0 Å². The largest absolute Gasteiger partial charge is 2.00 e. The summed E-state index contributed by atoms with van der Waals surface area (Å²) in [6.07, 6.45) is 0. The van der Waals surface area contributed by atoms with Crippen molar-refractivity contribution in [2.24, 2.45) is 11.7 Å². The van der Waals surface area contributed by atoms with Crippen LogP contribution in [0.1, 0.15) is 0 Å². The van der Waals surface area contributed by atoms with E-state index in [4.69, 9.17) is 0 Å². The second-order valence-electron chi connectivity index (χ2n) is 0.192. The van der Waals surface area contributed by atoms with Gasteiger partial charge in [0.05, 0.1) is 0 Å². The molecule has 4 N–H and O–H groups in total. The normalized spacial score (nSPS) is 3.33. The summed E-state index contributed by atoms with van der Waals surface area (Å²) in [7, 11) is 0. The van der Waals surface area contributed by atoms with Gasteiger partial charge in [-0.3, -0.25) is 11.7 Å². The molecule has 0 aromatic heterocycles. The molecule has 0 amide bonds. The molecule has 0 aliphatic carbocycles. The van der Waals surface area contributed by atoms with Crippen LogP contribution in [0.4, 0.5) is 0 Å². The topological polar surface area (TPSA) is 52.0 Å². The summed E-state index contributed by atoms with van der Waals surface area (Å²) in [5.41, 5.74) is 0.